The first-order valence-electron chi connectivity index (χ1n) is 10.4. The first-order valence-corrected chi connectivity index (χ1v) is 10.4. The van der Waals surface area contributed by atoms with Gasteiger partial charge in [-0.2, -0.15) is 0 Å². The van der Waals surface area contributed by atoms with E-state index in [0.717, 1.165) is 30.6 Å². The highest BCUT2D eigenvalue weighted by molar-refractivity contribution is 5.94. The highest BCUT2D eigenvalue weighted by Crippen LogP contribution is 2.31. The van der Waals surface area contributed by atoms with Crippen LogP contribution in [0.25, 0.3) is 0 Å². The molecule has 0 spiro atoms. The van der Waals surface area contributed by atoms with Crippen molar-refractivity contribution in [2.45, 2.75) is 57.4 Å². The molecule has 1 aliphatic heterocycles. The lowest BCUT2D eigenvalue weighted by Gasteiger charge is -2.24. The molecule has 2 amide bonds. The summed E-state index contributed by atoms with van der Waals surface area (Å²) < 4.78 is 0. The second kappa shape index (κ2) is 10.1. The van der Waals surface area contributed by atoms with Gasteiger partial charge in [-0.15, -0.1) is 0 Å². The molecule has 4 N–H and O–H groups in total. The molecule has 1 aliphatic carbocycles. The van der Waals surface area contributed by atoms with Gasteiger partial charge in [-0.1, -0.05) is 31.0 Å². The number of fused-ring (bicyclic) bond motifs is 1. The van der Waals surface area contributed by atoms with Crippen LogP contribution in [0, 0.1) is 0 Å². The molecule has 1 aromatic carbocycles. The van der Waals surface area contributed by atoms with Crippen LogP contribution in [0.4, 0.5) is 5.69 Å². The van der Waals surface area contributed by atoms with E-state index in [1.165, 1.54) is 12.8 Å². The van der Waals surface area contributed by atoms with Gasteiger partial charge in [0.15, 0.2) is 5.96 Å². The molecule has 1 saturated carbocycles. The molecule has 0 aromatic heterocycles. The highest BCUT2D eigenvalue weighted by atomic mass is 16.2. The zero-order chi connectivity index (χ0) is 19.8. The van der Waals surface area contributed by atoms with Gasteiger partial charge in [0.05, 0.1) is 6.54 Å². The molecule has 152 valence electrons. The molecule has 1 fully saturated rings. The van der Waals surface area contributed by atoms with E-state index in [0.29, 0.717) is 37.9 Å². The van der Waals surface area contributed by atoms with Crippen molar-refractivity contribution in [3.63, 3.8) is 0 Å². The van der Waals surface area contributed by atoms with E-state index in [4.69, 9.17) is 0 Å². The van der Waals surface area contributed by atoms with E-state index in [1.807, 2.05) is 31.2 Å². The number of hydrogen-bond acceptors (Lipinski definition) is 3. The number of hydrogen-bond donors (Lipinski definition) is 4. The van der Waals surface area contributed by atoms with Crippen LogP contribution < -0.4 is 21.3 Å². The molecular formula is C21H31N5O2. The first kappa shape index (κ1) is 20.2. The average molecular weight is 386 g/mol. The van der Waals surface area contributed by atoms with Crippen LogP contribution in [0.3, 0.4) is 0 Å². The lowest BCUT2D eigenvalue weighted by Crippen LogP contribution is -2.40. The number of rotatable bonds is 7. The molecule has 2 aliphatic rings. The summed E-state index contributed by atoms with van der Waals surface area (Å²) in [6, 6.07) is 8.23. The van der Waals surface area contributed by atoms with Gasteiger partial charge in [0, 0.05) is 43.6 Å². The Labute approximate surface area is 166 Å². The fourth-order valence-corrected chi connectivity index (χ4v) is 3.87. The summed E-state index contributed by atoms with van der Waals surface area (Å²) in [6.45, 7) is 3.80. The van der Waals surface area contributed by atoms with Gasteiger partial charge in [0.1, 0.15) is 0 Å². The molecule has 7 nitrogen and oxygen atoms in total. The first-order chi connectivity index (χ1) is 13.7. The van der Waals surface area contributed by atoms with Gasteiger partial charge in [-0.25, -0.2) is 0 Å². The Morgan fingerprint density at radius 2 is 2.00 bits per heavy atom. The number of amides is 2. The van der Waals surface area contributed by atoms with Gasteiger partial charge < -0.3 is 21.3 Å². The van der Waals surface area contributed by atoms with E-state index in [2.05, 4.69) is 26.3 Å². The van der Waals surface area contributed by atoms with Crippen LogP contribution in [-0.4, -0.2) is 43.5 Å². The Morgan fingerprint density at radius 1 is 1.21 bits per heavy atom. The van der Waals surface area contributed by atoms with Gasteiger partial charge in [0.2, 0.25) is 11.8 Å². The summed E-state index contributed by atoms with van der Waals surface area (Å²) in [6.07, 6.45) is 5.48. The van der Waals surface area contributed by atoms with E-state index >= 15 is 0 Å². The molecule has 0 saturated heterocycles. The van der Waals surface area contributed by atoms with Crippen LogP contribution >= 0.6 is 0 Å². The van der Waals surface area contributed by atoms with E-state index < -0.39 is 0 Å². The minimum absolute atomic E-state index is 0.0282. The maximum atomic E-state index is 12.1. The third kappa shape index (κ3) is 5.71. The van der Waals surface area contributed by atoms with Crippen LogP contribution in [0.2, 0.25) is 0 Å². The second-order valence-electron chi connectivity index (χ2n) is 7.48. The van der Waals surface area contributed by atoms with Crippen molar-refractivity contribution in [2.75, 3.05) is 25.0 Å². The standard InChI is InChI=1S/C21H31N5O2/c1-2-22-21(23-12-11-19(27)25-16-7-3-4-8-16)24-14-15-13-20(28)26-18-10-6-5-9-17(15)18/h5-6,9-10,15-16H,2-4,7-8,11-14H2,1H3,(H,25,27)(H,26,28)(H2,22,23,24). The largest absolute Gasteiger partial charge is 0.357 e. The van der Waals surface area contributed by atoms with Gasteiger partial charge in [0.25, 0.3) is 0 Å². The molecule has 7 heteroatoms. The van der Waals surface area contributed by atoms with Crippen molar-refractivity contribution in [3.8, 4) is 0 Å². The average Bonchev–Trinajstić information content (AvgIpc) is 3.18. The van der Waals surface area contributed by atoms with Crippen molar-refractivity contribution in [1.29, 1.82) is 0 Å². The lowest BCUT2D eigenvalue weighted by molar-refractivity contribution is -0.121. The summed E-state index contributed by atoms with van der Waals surface area (Å²) in [5, 5.41) is 12.5. The third-order valence-corrected chi connectivity index (χ3v) is 5.29. The number of carbonyl (C=O) groups is 2. The fourth-order valence-electron chi connectivity index (χ4n) is 3.87. The van der Waals surface area contributed by atoms with E-state index in [9.17, 15) is 9.59 Å². The Balaban J connectivity index is 1.51. The number of nitrogens with one attached hydrogen (secondary N) is 4. The van der Waals surface area contributed by atoms with Crippen molar-refractivity contribution in [2.24, 2.45) is 4.99 Å². The summed E-state index contributed by atoms with van der Waals surface area (Å²) >= 11 is 0. The summed E-state index contributed by atoms with van der Waals surface area (Å²) in [4.78, 5) is 28.7. The molecule has 1 aromatic rings. The SMILES string of the molecule is CCNC(=NCC1CC(=O)Nc2ccccc21)NCCC(=O)NC1CCCC1. The molecule has 3 rings (SSSR count). The number of carbonyl (C=O) groups excluding carboxylic acids is 2. The topological polar surface area (TPSA) is 94.6 Å². The van der Waals surface area contributed by atoms with Crippen LogP contribution in [-0.2, 0) is 9.59 Å². The quantitative estimate of drug-likeness (QED) is 0.427. The third-order valence-electron chi connectivity index (χ3n) is 5.29. The molecular weight excluding hydrogens is 354 g/mol. The van der Waals surface area contributed by atoms with Crippen LogP contribution in [0.1, 0.15) is 56.9 Å². The maximum Gasteiger partial charge on any atom is 0.225 e. The van der Waals surface area contributed by atoms with Gasteiger partial charge in [-0.3, -0.25) is 14.6 Å². The monoisotopic (exact) mass is 385 g/mol. The number of guanidine groups is 1. The predicted octanol–water partition coefficient (Wildman–Crippen LogP) is 2.12. The zero-order valence-corrected chi connectivity index (χ0v) is 16.6. The number of benzene rings is 1. The summed E-state index contributed by atoms with van der Waals surface area (Å²) in [7, 11) is 0. The van der Waals surface area contributed by atoms with Crippen molar-refractivity contribution < 1.29 is 9.59 Å². The molecule has 1 unspecified atom stereocenters. The molecule has 1 atom stereocenters. The minimum Gasteiger partial charge on any atom is -0.357 e. The minimum atomic E-state index is 0.0282. The van der Waals surface area contributed by atoms with Crippen molar-refractivity contribution in [1.82, 2.24) is 16.0 Å². The zero-order valence-electron chi connectivity index (χ0n) is 16.6. The number of para-hydroxylation sites is 1. The second-order valence-corrected chi connectivity index (χ2v) is 7.48. The number of nitrogens with zero attached hydrogens (tertiary/aromatic N) is 1. The van der Waals surface area contributed by atoms with Crippen LogP contribution in [0.5, 0.6) is 0 Å². The summed E-state index contributed by atoms with van der Waals surface area (Å²) in [5.41, 5.74) is 2.00. The van der Waals surface area contributed by atoms with Gasteiger partial charge in [-0.05, 0) is 31.4 Å². The Hall–Kier alpha value is -2.57. The van der Waals surface area contributed by atoms with Crippen molar-refractivity contribution in [3.05, 3.63) is 29.8 Å². The molecule has 0 bridgehead atoms. The Bertz CT molecular complexity index is 713. The molecule has 28 heavy (non-hydrogen) atoms. The fraction of sp³-hybridized carbons (Fsp3) is 0.571. The summed E-state index contributed by atoms with van der Waals surface area (Å²) in [5.74, 6) is 0.860. The van der Waals surface area contributed by atoms with Crippen molar-refractivity contribution >= 4 is 23.5 Å². The Kier molecular flexibility index (Phi) is 7.28. The number of aliphatic imine (C=N–C) groups is 1. The highest BCUT2D eigenvalue weighted by Gasteiger charge is 2.24. The lowest BCUT2D eigenvalue weighted by atomic mass is 9.91. The maximum absolute atomic E-state index is 12.1. The Morgan fingerprint density at radius 3 is 2.79 bits per heavy atom. The van der Waals surface area contributed by atoms with E-state index in [-0.39, 0.29) is 17.7 Å². The smallest absolute Gasteiger partial charge is 0.225 e. The molecule has 1 heterocycles. The molecule has 0 radical (unpaired) electrons. The van der Waals surface area contributed by atoms with Gasteiger partial charge >= 0.3 is 0 Å². The number of anilines is 1. The predicted molar refractivity (Wildman–Crippen MR) is 111 cm³/mol. The van der Waals surface area contributed by atoms with E-state index in [1.54, 1.807) is 0 Å². The normalized spacial score (nSPS) is 19.7. The van der Waals surface area contributed by atoms with Crippen LogP contribution in [0.15, 0.2) is 29.3 Å².